The monoisotopic (exact) mass is 143 g/mol. The first-order valence-corrected chi connectivity index (χ1v) is 3.68. The summed E-state index contributed by atoms with van der Waals surface area (Å²) in [5.74, 6) is -0.707. The van der Waals surface area contributed by atoms with Crippen molar-refractivity contribution in [2.45, 2.75) is 25.8 Å². The van der Waals surface area contributed by atoms with Gasteiger partial charge in [-0.05, 0) is 32.9 Å². The van der Waals surface area contributed by atoms with Crippen LogP contribution in [0.4, 0.5) is 0 Å². The molecule has 1 N–H and O–H groups in total. The van der Waals surface area contributed by atoms with Crippen LogP contribution in [0.5, 0.6) is 0 Å². The zero-order valence-electron chi connectivity index (χ0n) is 6.21. The van der Waals surface area contributed by atoms with Crippen molar-refractivity contribution < 1.29 is 9.90 Å². The highest BCUT2D eigenvalue weighted by Crippen LogP contribution is 2.10. The zero-order valence-corrected chi connectivity index (χ0v) is 6.21. The van der Waals surface area contributed by atoms with Gasteiger partial charge in [-0.2, -0.15) is 0 Å². The van der Waals surface area contributed by atoms with Crippen molar-refractivity contribution in [1.29, 1.82) is 0 Å². The van der Waals surface area contributed by atoms with E-state index in [9.17, 15) is 4.79 Å². The number of hydrogen-bond acceptors (Lipinski definition) is 2. The maximum absolute atomic E-state index is 10.4. The second-order valence-corrected chi connectivity index (χ2v) is 2.76. The molecule has 0 aromatic rings. The van der Waals surface area contributed by atoms with Crippen LogP contribution in [0.15, 0.2) is 0 Å². The normalized spacial score (nSPS) is 22.9. The summed E-state index contributed by atoms with van der Waals surface area (Å²) in [6.07, 6.45) is 2.30. The highest BCUT2D eigenvalue weighted by molar-refractivity contribution is 5.72. The molecular weight excluding hydrogens is 130 g/mol. The molecule has 0 aromatic heterocycles. The lowest BCUT2D eigenvalue weighted by Gasteiger charge is -2.18. The molecule has 10 heavy (non-hydrogen) atoms. The predicted molar refractivity (Wildman–Crippen MR) is 37.9 cm³/mol. The van der Waals surface area contributed by atoms with Crippen molar-refractivity contribution in [3.8, 4) is 0 Å². The minimum absolute atomic E-state index is 0.289. The second-order valence-electron chi connectivity index (χ2n) is 2.76. The molecule has 0 saturated carbocycles. The van der Waals surface area contributed by atoms with Crippen LogP contribution in [-0.4, -0.2) is 35.1 Å². The molecule has 0 amide bonds. The highest BCUT2D eigenvalue weighted by Gasteiger charge is 2.22. The third kappa shape index (κ3) is 1.48. The molecule has 0 aliphatic carbocycles. The Morgan fingerprint density at radius 3 is 2.40 bits per heavy atom. The van der Waals surface area contributed by atoms with E-state index in [1.165, 1.54) is 0 Å². The van der Waals surface area contributed by atoms with Crippen molar-refractivity contribution in [2.75, 3.05) is 13.1 Å². The first-order valence-electron chi connectivity index (χ1n) is 3.68. The number of likely N-dealkylation sites (tertiary alicyclic amines) is 1. The lowest BCUT2D eigenvalue weighted by atomic mass is 10.3. The number of carboxylic acid groups (broad SMARTS) is 1. The molecule has 1 fully saturated rings. The maximum Gasteiger partial charge on any atom is 0.320 e. The molecule has 0 aromatic carbocycles. The molecule has 0 unspecified atom stereocenters. The number of carboxylic acids is 1. The van der Waals surface area contributed by atoms with Gasteiger partial charge in [-0.3, -0.25) is 9.69 Å². The summed E-state index contributed by atoms with van der Waals surface area (Å²) < 4.78 is 0. The largest absolute Gasteiger partial charge is 0.480 e. The lowest BCUT2D eigenvalue weighted by Crippen LogP contribution is -2.36. The summed E-state index contributed by atoms with van der Waals surface area (Å²) in [4.78, 5) is 12.4. The van der Waals surface area contributed by atoms with Crippen LogP contribution < -0.4 is 0 Å². The van der Waals surface area contributed by atoms with Crippen LogP contribution in [0.3, 0.4) is 0 Å². The number of rotatable bonds is 2. The van der Waals surface area contributed by atoms with Gasteiger partial charge in [-0.1, -0.05) is 0 Å². The van der Waals surface area contributed by atoms with Crippen molar-refractivity contribution in [3.05, 3.63) is 0 Å². The third-order valence-corrected chi connectivity index (χ3v) is 2.05. The number of carbonyl (C=O) groups is 1. The Labute approximate surface area is 60.6 Å². The van der Waals surface area contributed by atoms with Crippen molar-refractivity contribution >= 4 is 5.97 Å². The quantitative estimate of drug-likeness (QED) is 0.614. The van der Waals surface area contributed by atoms with Gasteiger partial charge in [0, 0.05) is 0 Å². The van der Waals surface area contributed by atoms with E-state index in [0.717, 1.165) is 25.9 Å². The lowest BCUT2D eigenvalue weighted by molar-refractivity contribution is -0.142. The Bertz CT molecular complexity index is 130. The van der Waals surface area contributed by atoms with Crippen LogP contribution >= 0.6 is 0 Å². The molecule has 3 nitrogen and oxygen atoms in total. The maximum atomic E-state index is 10.4. The summed E-state index contributed by atoms with van der Waals surface area (Å²) >= 11 is 0. The topological polar surface area (TPSA) is 40.5 Å². The van der Waals surface area contributed by atoms with Crippen LogP contribution in [0, 0.1) is 0 Å². The smallest absolute Gasteiger partial charge is 0.320 e. The predicted octanol–water partition coefficient (Wildman–Crippen LogP) is 0.555. The van der Waals surface area contributed by atoms with Crippen molar-refractivity contribution in [2.24, 2.45) is 0 Å². The van der Waals surface area contributed by atoms with E-state index in [0.29, 0.717) is 0 Å². The van der Waals surface area contributed by atoms with Crippen molar-refractivity contribution in [3.63, 3.8) is 0 Å². The Balaban J connectivity index is 2.39. The fourth-order valence-electron chi connectivity index (χ4n) is 1.29. The molecule has 1 heterocycles. The Kier molecular flexibility index (Phi) is 2.27. The van der Waals surface area contributed by atoms with E-state index in [1.54, 1.807) is 6.92 Å². The molecular formula is C7H13NO2. The Morgan fingerprint density at radius 2 is 2.00 bits per heavy atom. The summed E-state index contributed by atoms with van der Waals surface area (Å²) in [7, 11) is 0. The first-order chi connectivity index (χ1) is 4.72. The molecule has 0 bridgehead atoms. The molecule has 58 valence electrons. The van der Waals surface area contributed by atoms with Gasteiger partial charge >= 0.3 is 5.97 Å². The van der Waals surface area contributed by atoms with Gasteiger partial charge in [0.25, 0.3) is 0 Å². The average molecular weight is 143 g/mol. The van der Waals surface area contributed by atoms with E-state index >= 15 is 0 Å². The van der Waals surface area contributed by atoms with Gasteiger partial charge in [0.2, 0.25) is 0 Å². The van der Waals surface area contributed by atoms with E-state index in [4.69, 9.17) is 5.11 Å². The first kappa shape index (κ1) is 7.54. The van der Waals surface area contributed by atoms with Crippen LogP contribution in [0.1, 0.15) is 19.8 Å². The van der Waals surface area contributed by atoms with E-state index in [-0.39, 0.29) is 6.04 Å². The van der Waals surface area contributed by atoms with Gasteiger partial charge < -0.3 is 5.11 Å². The number of aliphatic carboxylic acids is 1. The summed E-state index contributed by atoms with van der Waals surface area (Å²) in [5, 5.41) is 8.60. The van der Waals surface area contributed by atoms with Gasteiger partial charge in [-0.25, -0.2) is 0 Å². The fourth-order valence-corrected chi connectivity index (χ4v) is 1.29. The van der Waals surface area contributed by atoms with Gasteiger partial charge in [0.15, 0.2) is 0 Å². The summed E-state index contributed by atoms with van der Waals surface area (Å²) in [6, 6.07) is -0.289. The number of hydrogen-bond donors (Lipinski definition) is 1. The van der Waals surface area contributed by atoms with Crippen LogP contribution in [-0.2, 0) is 4.79 Å². The highest BCUT2D eigenvalue weighted by atomic mass is 16.4. The molecule has 1 aliphatic heterocycles. The van der Waals surface area contributed by atoms with Gasteiger partial charge in [0.05, 0.1) is 0 Å². The molecule has 0 radical (unpaired) electrons. The average Bonchev–Trinajstić information content (AvgIpc) is 2.36. The summed E-state index contributed by atoms with van der Waals surface area (Å²) in [6.45, 7) is 3.65. The van der Waals surface area contributed by atoms with Crippen LogP contribution in [0.2, 0.25) is 0 Å². The van der Waals surface area contributed by atoms with E-state index in [1.807, 2.05) is 4.90 Å². The van der Waals surface area contributed by atoms with E-state index < -0.39 is 5.97 Å². The molecule has 0 spiro atoms. The minimum atomic E-state index is -0.707. The minimum Gasteiger partial charge on any atom is -0.480 e. The third-order valence-electron chi connectivity index (χ3n) is 2.05. The molecule has 1 aliphatic rings. The molecule has 1 atom stereocenters. The SMILES string of the molecule is C[C@H](C(=O)O)N1CCCC1. The molecule has 1 saturated heterocycles. The Hall–Kier alpha value is -0.570. The van der Waals surface area contributed by atoms with Crippen molar-refractivity contribution in [1.82, 2.24) is 4.90 Å². The fraction of sp³-hybridized carbons (Fsp3) is 0.857. The second kappa shape index (κ2) is 3.01. The molecule has 3 heteroatoms. The Morgan fingerprint density at radius 1 is 1.50 bits per heavy atom. The molecule has 1 rings (SSSR count). The van der Waals surface area contributed by atoms with Gasteiger partial charge in [-0.15, -0.1) is 0 Å². The van der Waals surface area contributed by atoms with Crippen LogP contribution in [0.25, 0.3) is 0 Å². The van der Waals surface area contributed by atoms with Gasteiger partial charge in [0.1, 0.15) is 6.04 Å². The standard InChI is InChI=1S/C7H13NO2/c1-6(7(9)10)8-4-2-3-5-8/h6H,2-5H2,1H3,(H,9,10)/t6-/m1/s1. The zero-order chi connectivity index (χ0) is 7.56. The number of nitrogens with zero attached hydrogens (tertiary/aromatic N) is 1. The van der Waals surface area contributed by atoms with E-state index in [2.05, 4.69) is 0 Å². The summed E-state index contributed by atoms with van der Waals surface area (Å²) in [5.41, 5.74) is 0.